The minimum absolute atomic E-state index is 0.179. The van der Waals surface area contributed by atoms with Gasteiger partial charge in [-0.3, -0.25) is 9.78 Å². The molecule has 3 aromatic rings. The normalized spacial score (nSPS) is 10.7. The smallest absolute Gasteiger partial charge is 0.260 e. The molecule has 3 rings (SSSR count). The molecule has 0 spiro atoms. The highest BCUT2D eigenvalue weighted by molar-refractivity contribution is 5.81. The van der Waals surface area contributed by atoms with E-state index in [0.717, 1.165) is 5.56 Å². The van der Waals surface area contributed by atoms with Crippen LogP contribution in [0.4, 0.5) is 11.6 Å². The van der Waals surface area contributed by atoms with Crippen molar-refractivity contribution >= 4 is 22.5 Å². The van der Waals surface area contributed by atoms with Gasteiger partial charge >= 0.3 is 0 Å². The van der Waals surface area contributed by atoms with Gasteiger partial charge in [0.25, 0.3) is 5.56 Å². The van der Waals surface area contributed by atoms with Gasteiger partial charge in [0, 0.05) is 19.3 Å². The standard InChI is InChI=1S/C16H16N4O/c1-20(10-11-5-3-2-4-6-11)16-18-14-8-7-12(17)9-13(14)15(21)19-16/h2-9H,10,17H2,1H3,(H,18,19,21). The second-order valence-electron chi connectivity index (χ2n) is 5.01. The third-order valence-electron chi connectivity index (χ3n) is 3.34. The van der Waals surface area contributed by atoms with Crippen LogP contribution in [0, 0.1) is 0 Å². The van der Waals surface area contributed by atoms with Crippen LogP contribution >= 0.6 is 0 Å². The molecule has 0 unspecified atom stereocenters. The SMILES string of the molecule is CN(Cc1ccccc1)c1nc2ccc(N)cc2c(=O)[nH]1. The van der Waals surface area contributed by atoms with Gasteiger partial charge in [0.15, 0.2) is 0 Å². The molecule has 0 aliphatic rings. The van der Waals surface area contributed by atoms with E-state index < -0.39 is 0 Å². The van der Waals surface area contributed by atoms with Crippen molar-refractivity contribution in [1.29, 1.82) is 0 Å². The predicted octanol–water partition coefficient (Wildman–Crippen LogP) is 2.14. The fraction of sp³-hybridized carbons (Fsp3) is 0.125. The Bertz CT molecular complexity index is 827. The molecule has 3 N–H and O–H groups in total. The van der Waals surface area contributed by atoms with Crippen LogP contribution in [-0.4, -0.2) is 17.0 Å². The fourth-order valence-corrected chi connectivity index (χ4v) is 2.26. The second-order valence-corrected chi connectivity index (χ2v) is 5.01. The van der Waals surface area contributed by atoms with Crippen LogP contribution in [0.1, 0.15) is 5.56 Å². The van der Waals surface area contributed by atoms with Crippen molar-refractivity contribution in [3.05, 3.63) is 64.4 Å². The number of benzene rings is 2. The zero-order chi connectivity index (χ0) is 14.8. The van der Waals surface area contributed by atoms with E-state index in [1.165, 1.54) is 0 Å². The molecular formula is C16H16N4O. The first-order chi connectivity index (χ1) is 10.1. The lowest BCUT2D eigenvalue weighted by atomic mass is 10.2. The number of hydrogen-bond acceptors (Lipinski definition) is 4. The fourth-order valence-electron chi connectivity index (χ4n) is 2.26. The van der Waals surface area contributed by atoms with E-state index in [1.54, 1.807) is 18.2 Å². The van der Waals surface area contributed by atoms with E-state index >= 15 is 0 Å². The number of aromatic amines is 1. The lowest BCUT2D eigenvalue weighted by Gasteiger charge is -2.18. The van der Waals surface area contributed by atoms with Gasteiger partial charge in [-0.2, -0.15) is 0 Å². The van der Waals surface area contributed by atoms with Crippen molar-refractivity contribution in [2.45, 2.75) is 6.54 Å². The van der Waals surface area contributed by atoms with Crippen molar-refractivity contribution < 1.29 is 0 Å². The molecule has 5 nitrogen and oxygen atoms in total. The van der Waals surface area contributed by atoms with Crippen LogP contribution in [0.2, 0.25) is 0 Å². The highest BCUT2D eigenvalue weighted by Crippen LogP contribution is 2.15. The van der Waals surface area contributed by atoms with Gasteiger partial charge in [-0.25, -0.2) is 4.98 Å². The van der Waals surface area contributed by atoms with Gasteiger partial charge in [-0.05, 0) is 23.8 Å². The molecule has 0 atom stereocenters. The first-order valence-corrected chi connectivity index (χ1v) is 6.68. The van der Waals surface area contributed by atoms with Crippen LogP contribution in [0.3, 0.4) is 0 Å². The monoisotopic (exact) mass is 280 g/mol. The van der Waals surface area contributed by atoms with Crippen LogP contribution in [0.15, 0.2) is 53.3 Å². The van der Waals surface area contributed by atoms with Crippen LogP contribution in [-0.2, 0) is 6.54 Å². The largest absolute Gasteiger partial charge is 0.399 e. The molecule has 0 aliphatic carbocycles. The number of nitrogens with two attached hydrogens (primary N) is 1. The van der Waals surface area contributed by atoms with E-state index in [9.17, 15) is 4.79 Å². The first-order valence-electron chi connectivity index (χ1n) is 6.68. The summed E-state index contributed by atoms with van der Waals surface area (Å²) in [7, 11) is 1.90. The Balaban J connectivity index is 1.97. The van der Waals surface area contributed by atoms with Crippen molar-refractivity contribution in [2.24, 2.45) is 0 Å². The molecule has 0 saturated heterocycles. The topological polar surface area (TPSA) is 75.0 Å². The van der Waals surface area contributed by atoms with Gasteiger partial charge in [0.1, 0.15) is 0 Å². The Morgan fingerprint density at radius 2 is 1.95 bits per heavy atom. The molecule has 0 fully saturated rings. The van der Waals surface area contributed by atoms with Gasteiger partial charge in [-0.1, -0.05) is 30.3 Å². The number of rotatable bonds is 3. The third kappa shape index (κ3) is 2.72. The number of H-pyrrole nitrogens is 1. The summed E-state index contributed by atoms with van der Waals surface area (Å²) >= 11 is 0. The average Bonchev–Trinajstić information content (AvgIpc) is 2.49. The zero-order valence-electron chi connectivity index (χ0n) is 11.7. The molecule has 21 heavy (non-hydrogen) atoms. The van der Waals surface area contributed by atoms with Crippen molar-refractivity contribution in [2.75, 3.05) is 17.7 Å². The molecule has 1 aromatic heterocycles. The maximum Gasteiger partial charge on any atom is 0.260 e. The quantitative estimate of drug-likeness (QED) is 0.721. The van der Waals surface area contributed by atoms with Crippen LogP contribution < -0.4 is 16.2 Å². The molecule has 0 amide bonds. The molecule has 106 valence electrons. The molecule has 0 radical (unpaired) electrons. The summed E-state index contributed by atoms with van der Waals surface area (Å²) in [5.74, 6) is 0.543. The summed E-state index contributed by atoms with van der Waals surface area (Å²) in [6, 6.07) is 15.2. The first kappa shape index (κ1) is 13.2. The molecule has 0 aliphatic heterocycles. The molecule has 2 aromatic carbocycles. The summed E-state index contributed by atoms with van der Waals surface area (Å²) in [5, 5.41) is 0.506. The third-order valence-corrected chi connectivity index (χ3v) is 3.34. The molecule has 0 bridgehead atoms. The number of fused-ring (bicyclic) bond motifs is 1. The Morgan fingerprint density at radius 3 is 2.71 bits per heavy atom. The van der Waals surface area contributed by atoms with Gasteiger partial charge < -0.3 is 10.6 Å². The van der Waals surface area contributed by atoms with Crippen LogP contribution in [0.25, 0.3) is 10.9 Å². The van der Waals surface area contributed by atoms with Crippen LogP contribution in [0.5, 0.6) is 0 Å². The van der Waals surface area contributed by atoms with Gasteiger partial charge in [0.2, 0.25) is 5.95 Å². The number of anilines is 2. The lowest BCUT2D eigenvalue weighted by Crippen LogP contribution is -2.22. The molecule has 1 heterocycles. The zero-order valence-corrected chi connectivity index (χ0v) is 11.7. The molecular weight excluding hydrogens is 264 g/mol. The highest BCUT2D eigenvalue weighted by Gasteiger charge is 2.08. The summed E-state index contributed by atoms with van der Waals surface area (Å²) < 4.78 is 0. The second kappa shape index (κ2) is 5.28. The van der Waals surface area contributed by atoms with Gasteiger partial charge in [0.05, 0.1) is 10.9 Å². The lowest BCUT2D eigenvalue weighted by molar-refractivity contribution is 0.868. The summed E-state index contributed by atoms with van der Waals surface area (Å²) in [6.07, 6.45) is 0. The van der Waals surface area contributed by atoms with E-state index in [2.05, 4.69) is 9.97 Å². The summed E-state index contributed by atoms with van der Waals surface area (Å²) in [6.45, 7) is 0.671. The van der Waals surface area contributed by atoms with E-state index in [1.807, 2.05) is 42.3 Å². The maximum atomic E-state index is 12.1. The summed E-state index contributed by atoms with van der Waals surface area (Å²) in [5.41, 5.74) is 7.87. The Hall–Kier alpha value is -2.82. The van der Waals surface area contributed by atoms with E-state index in [-0.39, 0.29) is 5.56 Å². The minimum Gasteiger partial charge on any atom is -0.399 e. The Labute approximate surface area is 122 Å². The van der Waals surface area contributed by atoms with Crippen molar-refractivity contribution in [3.63, 3.8) is 0 Å². The number of hydrogen-bond donors (Lipinski definition) is 2. The number of nitrogen functional groups attached to an aromatic ring is 1. The Morgan fingerprint density at radius 1 is 1.19 bits per heavy atom. The average molecular weight is 280 g/mol. The van der Waals surface area contributed by atoms with Gasteiger partial charge in [-0.15, -0.1) is 0 Å². The van der Waals surface area contributed by atoms with Crippen molar-refractivity contribution in [1.82, 2.24) is 9.97 Å². The van der Waals surface area contributed by atoms with Crippen molar-refractivity contribution in [3.8, 4) is 0 Å². The molecule has 5 heteroatoms. The Kier molecular flexibility index (Phi) is 3.31. The predicted molar refractivity (Wildman–Crippen MR) is 85.3 cm³/mol. The van der Waals surface area contributed by atoms with E-state index in [0.29, 0.717) is 29.1 Å². The number of nitrogens with zero attached hydrogens (tertiary/aromatic N) is 2. The number of aromatic nitrogens is 2. The van der Waals surface area contributed by atoms with E-state index in [4.69, 9.17) is 5.73 Å². The number of nitrogens with one attached hydrogen (secondary N) is 1. The maximum absolute atomic E-state index is 12.1. The minimum atomic E-state index is -0.179. The molecule has 0 saturated carbocycles. The highest BCUT2D eigenvalue weighted by atomic mass is 16.1. The summed E-state index contributed by atoms with van der Waals surface area (Å²) in [4.78, 5) is 21.3.